The molecule has 4 rings (SSSR count). The van der Waals surface area contributed by atoms with Crippen molar-refractivity contribution in [2.75, 3.05) is 33.3 Å². The molecule has 2 heterocycles. The third-order valence-corrected chi connectivity index (χ3v) is 5.89. The zero-order valence-electron chi connectivity index (χ0n) is 17.9. The van der Waals surface area contributed by atoms with Gasteiger partial charge in [0, 0.05) is 19.2 Å². The summed E-state index contributed by atoms with van der Waals surface area (Å²) in [6.45, 7) is 6.83. The molecule has 0 spiro atoms. The molecule has 1 aromatic heterocycles. The summed E-state index contributed by atoms with van der Waals surface area (Å²) < 4.78 is 25.2. The van der Waals surface area contributed by atoms with Gasteiger partial charge < -0.3 is 19.0 Å². The van der Waals surface area contributed by atoms with E-state index in [2.05, 4.69) is 18.7 Å². The smallest absolute Gasteiger partial charge is 0.290 e. The van der Waals surface area contributed by atoms with Crippen LogP contribution < -0.4 is 10.2 Å². The lowest BCUT2D eigenvalue weighted by Crippen LogP contribution is -2.37. The summed E-state index contributed by atoms with van der Waals surface area (Å²) in [6.07, 6.45) is 0. The normalized spacial score (nSPS) is 15.7. The van der Waals surface area contributed by atoms with Gasteiger partial charge in [0.1, 0.15) is 17.1 Å². The van der Waals surface area contributed by atoms with Crippen molar-refractivity contribution in [1.29, 1.82) is 0 Å². The zero-order valence-corrected chi connectivity index (χ0v) is 17.9. The first-order chi connectivity index (χ1) is 15.0. The Balaban J connectivity index is 1.88. The topological polar surface area (TPSA) is 63.0 Å². The summed E-state index contributed by atoms with van der Waals surface area (Å²) >= 11 is 0. The molecular weight excluding hydrogens is 399 g/mol. The Morgan fingerprint density at radius 1 is 1.13 bits per heavy atom. The van der Waals surface area contributed by atoms with E-state index in [9.17, 15) is 14.0 Å². The summed E-state index contributed by atoms with van der Waals surface area (Å²) in [4.78, 5) is 30.6. The highest BCUT2D eigenvalue weighted by Crippen LogP contribution is 2.38. The van der Waals surface area contributed by atoms with Gasteiger partial charge in [0.15, 0.2) is 5.43 Å². The Kier molecular flexibility index (Phi) is 5.78. The summed E-state index contributed by atoms with van der Waals surface area (Å²) in [6, 6.07) is 10.2. The standard InChI is InChI=1S/C24H25FN2O4/c1-4-26(5-2)11-12-27-21(15-7-6-8-16(25)13-15)20-22(28)18-10-9-17(30-3)14-19(18)31-23(20)24(27)29/h6-10,13-14,21H,4-5,11-12H2,1-3H3. The molecular formula is C24H25FN2O4. The number of carbonyl (C=O) groups is 1. The van der Waals surface area contributed by atoms with Crippen LogP contribution in [0.25, 0.3) is 11.0 Å². The minimum absolute atomic E-state index is 0.0135. The number of halogens is 1. The van der Waals surface area contributed by atoms with Crippen LogP contribution in [0, 0.1) is 5.82 Å². The van der Waals surface area contributed by atoms with Gasteiger partial charge in [-0.15, -0.1) is 0 Å². The van der Waals surface area contributed by atoms with Crippen LogP contribution in [0.2, 0.25) is 0 Å². The Morgan fingerprint density at radius 3 is 2.58 bits per heavy atom. The number of likely N-dealkylation sites (N-methyl/N-ethyl adjacent to an activating group) is 1. The molecule has 0 saturated carbocycles. The number of nitrogens with zero attached hydrogens (tertiary/aromatic N) is 2. The number of hydrogen-bond donors (Lipinski definition) is 0. The zero-order chi connectivity index (χ0) is 22.1. The van der Waals surface area contributed by atoms with Crippen LogP contribution in [-0.4, -0.2) is 49.0 Å². The highest BCUT2D eigenvalue weighted by atomic mass is 19.1. The van der Waals surface area contributed by atoms with Crippen molar-refractivity contribution in [2.45, 2.75) is 19.9 Å². The van der Waals surface area contributed by atoms with E-state index in [1.54, 1.807) is 35.2 Å². The molecule has 31 heavy (non-hydrogen) atoms. The molecule has 0 bridgehead atoms. The van der Waals surface area contributed by atoms with E-state index >= 15 is 0 Å². The van der Waals surface area contributed by atoms with E-state index in [1.165, 1.54) is 19.2 Å². The maximum Gasteiger partial charge on any atom is 0.290 e. The molecule has 7 heteroatoms. The Labute approximate surface area is 179 Å². The lowest BCUT2D eigenvalue weighted by atomic mass is 9.98. The fraction of sp³-hybridized carbons (Fsp3) is 0.333. The molecule has 1 aliphatic heterocycles. The number of carbonyl (C=O) groups excluding carboxylic acids is 1. The Bertz CT molecular complexity index is 1190. The second-order valence-corrected chi connectivity index (χ2v) is 7.52. The molecule has 6 nitrogen and oxygen atoms in total. The van der Waals surface area contributed by atoms with Crippen LogP contribution >= 0.6 is 0 Å². The van der Waals surface area contributed by atoms with Crippen molar-refractivity contribution in [3.63, 3.8) is 0 Å². The van der Waals surface area contributed by atoms with Crippen molar-refractivity contribution in [2.24, 2.45) is 0 Å². The summed E-state index contributed by atoms with van der Waals surface area (Å²) in [5, 5.41) is 0.361. The first kappa shape index (κ1) is 21.1. The molecule has 162 valence electrons. The number of fused-ring (bicyclic) bond motifs is 2. The van der Waals surface area contributed by atoms with Gasteiger partial charge in [-0.25, -0.2) is 4.39 Å². The molecule has 0 radical (unpaired) electrons. The van der Waals surface area contributed by atoms with E-state index < -0.39 is 11.9 Å². The molecule has 0 N–H and O–H groups in total. The monoisotopic (exact) mass is 424 g/mol. The predicted octanol–water partition coefficient (Wildman–Crippen LogP) is 3.83. The summed E-state index contributed by atoms with van der Waals surface area (Å²) in [5.74, 6) is -0.240. The fourth-order valence-corrected chi connectivity index (χ4v) is 4.17. The number of benzene rings is 2. The van der Waals surface area contributed by atoms with Gasteiger partial charge in [-0.05, 0) is 42.9 Å². The summed E-state index contributed by atoms with van der Waals surface area (Å²) in [7, 11) is 1.52. The number of hydrogen-bond acceptors (Lipinski definition) is 5. The third-order valence-electron chi connectivity index (χ3n) is 5.89. The van der Waals surface area contributed by atoms with Crippen LogP contribution in [0.4, 0.5) is 4.39 Å². The molecule has 1 amide bonds. The van der Waals surface area contributed by atoms with Gasteiger partial charge in [0.2, 0.25) is 5.76 Å². The number of methoxy groups -OCH3 is 1. The quantitative estimate of drug-likeness (QED) is 0.577. The third kappa shape index (κ3) is 3.70. The Morgan fingerprint density at radius 2 is 1.90 bits per heavy atom. The number of amides is 1. The minimum Gasteiger partial charge on any atom is -0.497 e. The molecule has 0 fully saturated rings. The van der Waals surface area contributed by atoms with Gasteiger partial charge in [0.05, 0.1) is 24.1 Å². The van der Waals surface area contributed by atoms with Crippen molar-refractivity contribution in [1.82, 2.24) is 9.80 Å². The first-order valence-corrected chi connectivity index (χ1v) is 10.4. The number of ether oxygens (including phenoxy) is 1. The van der Waals surface area contributed by atoms with E-state index in [4.69, 9.17) is 9.15 Å². The van der Waals surface area contributed by atoms with E-state index in [0.29, 0.717) is 35.4 Å². The molecule has 2 aromatic carbocycles. The molecule has 1 unspecified atom stereocenters. The minimum atomic E-state index is -0.698. The van der Waals surface area contributed by atoms with Crippen LogP contribution in [0.1, 0.15) is 41.6 Å². The largest absolute Gasteiger partial charge is 0.497 e. The first-order valence-electron chi connectivity index (χ1n) is 10.4. The van der Waals surface area contributed by atoms with Crippen molar-refractivity contribution >= 4 is 16.9 Å². The molecule has 0 saturated heterocycles. The van der Waals surface area contributed by atoms with Gasteiger partial charge in [-0.1, -0.05) is 26.0 Å². The van der Waals surface area contributed by atoms with Crippen LogP contribution in [0.3, 0.4) is 0 Å². The van der Waals surface area contributed by atoms with Crippen LogP contribution in [0.5, 0.6) is 5.75 Å². The van der Waals surface area contributed by atoms with Gasteiger partial charge in [0.25, 0.3) is 5.91 Å². The maximum atomic E-state index is 14.1. The van der Waals surface area contributed by atoms with Crippen LogP contribution in [-0.2, 0) is 0 Å². The Hall–Kier alpha value is -3.19. The van der Waals surface area contributed by atoms with E-state index in [0.717, 1.165) is 13.1 Å². The van der Waals surface area contributed by atoms with Crippen LogP contribution in [0.15, 0.2) is 51.7 Å². The average Bonchev–Trinajstić information content (AvgIpc) is 3.06. The molecule has 1 aliphatic rings. The van der Waals surface area contributed by atoms with Crippen molar-refractivity contribution < 1.29 is 18.3 Å². The highest BCUT2D eigenvalue weighted by Gasteiger charge is 2.42. The van der Waals surface area contributed by atoms with E-state index in [1.807, 2.05) is 0 Å². The number of rotatable bonds is 7. The molecule has 3 aromatic rings. The molecule has 0 aliphatic carbocycles. The lowest BCUT2D eigenvalue weighted by molar-refractivity contribution is 0.0708. The van der Waals surface area contributed by atoms with Crippen molar-refractivity contribution in [3.05, 3.63) is 75.4 Å². The average molecular weight is 424 g/mol. The second kappa shape index (κ2) is 8.51. The molecule has 1 atom stereocenters. The lowest BCUT2D eigenvalue weighted by Gasteiger charge is -2.28. The van der Waals surface area contributed by atoms with Gasteiger partial charge in [-0.3, -0.25) is 9.59 Å². The highest BCUT2D eigenvalue weighted by molar-refractivity contribution is 5.99. The SMILES string of the molecule is CCN(CC)CCN1C(=O)c2oc3cc(OC)ccc3c(=O)c2C1c1cccc(F)c1. The maximum absolute atomic E-state index is 14.1. The summed E-state index contributed by atoms with van der Waals surface area (Å²) in [5.41, 5.74) is 0.812. The fourth-order valence-electron chi connectivity index (χ4n) is 4.17. The van der Waals surface area contributed by atoms with Gasteiger partial charge >= 0.3 is 0 Å². The second-order valence-electron chi connectivity index (χ2n) is 7.52. The van der Waals surface area contributed by atoms with E-state index in [-0.39, 0.29) is 22.7 Å². The predicted molar refractivity (Wildman–Crippen MR) is 116 cm³/mol. The van der Waals surface area contributed by atoms with Gasteiger partial charge in [-0.2, -0.15) is 0 Å². The van der Waals surface area contributed by atoms with Crippen molar-refractivity contribution in [3.8, 4) is 5.75 Å².